The van der Waals surface area contributed by atoms with Crippen molar-refractivity contribution in [1.29, 1.82) is 0 Å². The zero-order valence-corrected chi connectivity index (χ0v) is 13.2. The Morgan fingerprint density at radius 1 is 1.23 bits per heavy atom. The normalized spacial score (nSPS) is 17.8. The zero-order valence-electron chi connectivity index (χ0n) is 11.6. The standard InChI is InChI=1S/C16H12N2O2S2/c19-16-12(6-7-20-16)21-14-11-8-13(10-4-2-1-3-5-10)22-15(11)18-9-17-14/h1-5,8-9,12H,6-7H2/t12-/m0/s1. The van der Waals surface area contributed by atoms with Gasteiger partial charge in [-0.15, -0.1) is 11.3 Å². The first-order valence-electron chi connectivity index (χ1n) is 6.94. The molecule has 1 aliphatic rings. The van der Waals surface area contributed by atoms with Gasteiger partial charge in [0.25, 0.3) is 0 Å². The van der Waals surface area contributed by atoms with Gasteiger partial charge in [0.2, 0.25) is 0 Å². The van der Waals surface area contributed by atoms with Crippen LogP contribution in [0.1, 0.15) is 6.42 Å². The van der Waals surface area contributed by atoms with Crippen LogP contribution in [0.15, 0.2) is 47.8 Å². The third-order valence-electron chi connectivity index (χ3n) is 3.49. The van der Waals surface area contributed by atoms with E-state index in [0.29, 0.717) is 6.61 Å². The second kappa shape index (κ2) is 5.70. The molecule has 0 bridgehead atoms. The molecule has 0 spiro atoms. The highest BCUT2D eigenvalue weighted by Gasteiger charge is 2.28. The van der Waals surface area contributed by atoms with Crippen molar-refractivity contribution in [2.45, 2.75) is 16.7 Å². The van der Waals surface area contributed by atoms with Crippen molar-refractivity contribution in [2.75, 3.05) is 6.61 Å². The number of aromatic nitrogens is 2. The molecule has 0 amide bonds. The van der Waals surface area contributed by atoms with Crippen LogP contribution in [-0.4, -0.2) is 27.8 Å². The molecular formula is C16H12N2O2S2. The number of cyclic esters (lactones) is 1. The van der Waals surface area contributed by atoms with Crippen molar-refractivity contribution in [1.82, 2.24) is 9.97 Å². The molecule has 22 heavy (non-hydrogen) atoms. The third-order valence-corrected chi connectivity index (χ3v) is 5.85. The van der Waals surface area contributed by atoms with Crippen molar-refractivity contribution in [2.24, 2.45) is 0 Å². The van der Waals surface area contributed by atoms with Crippen molar-refractivity contribution in [3.63, 3.8) is 0 Å². The predicted molar refractivity (Wildman–Crippen MR) is 88.1 cm³/mol. The molecule has 2 aromatic heterocycles. The van der Waals surface area contributed by atoms with E-state index in [1.807, 2.05) is 18.2 Å². The second-order valence-electron chi connectivity index (χ2n) is 4.94. The van der Waals surface area contributed by atoms with Crippen LogP contribution in [0.3, 0.4) is 0 Å². The van der Waals surface area contributed by atoms with Gasteiger partial charge in [0.15, 0.2) is 0 Å². The largest absolute Gasteiger partial charge is 0.465 e. The minimum Gasteiger partial charge on any atom is -0.465 e. The summed E-state index contributed by atoms with van der Waals surface area (Å²) in [7, 11) is 0. The van der Waals surface area contributed by atoms with Gasteiger partial charge in [-0.1, -0.05) is 42.1 Å². The van der Waals surface area contributed by atoms with Crippen LogP contribution in [0.25, 0.3) is 20.7 Å². The van der Waals surface area contributed by atoms with Crippen molar-refractivity contribution in [3.05, 3.63) is 42.7 Å². The zero-order chi connectivity index (χ0) is 14.9. The maximum Gasteiger partial charge on any atom is 0.319 e. The Bertz CT molecular complexity index is 833. The van der Waals surface area contributed by atoms with E-state index in [4.69, 9.17) is 4.74 Å². The molecule has 0 aliphatic carbocycles. The third kappa shape index (κ3) is 2.48. The molecule has 4 rings (SSSR count). The molecule has 0 unspecified atom stereocenters. The molecule has 6 heteroatoms. The summed E-state index contributed by atoms with van der Waals surface area (Å²) in [6.45, 7) is 0.504. The van der Waals surface area contributed by atoms with Gasteiger partial charge in [0.1, 0.15) is 21.4 Å². The van der Waals surface area contributed by atoms with E-state index in [1.54, 1.807) is 17.7 Å². The summed E-state index contributed by atoms with van der Waals surface area (Å²) >= 11 is 3.12. The molecule has 1 fully saturated rings. The fourth-order valence-electron chi connectivity index (χ4n) is 2.39. The van der Waals surface area contributed by atoms with Crippen molar-refractivity contribution in [3.8, 4) is 10.4 Å². The monoisotopic (exact) mass is 328 g/mol. The van der Waals surface area contributed by atoms with E-state index < -0.39 is 0 Å². The number of nitrogens with zero attached hydrogens (tertiary/aromatic N) is 2. The van der Waals surface area contributed by atoms with E-state index in [-0.39, 0.29) is 11.2 Å². The summed E-state index contributed by atoms with van der Waals surface area (Å²) in [5.41, 5.74) is 1.17. The Morgan fingerprint density at radius 3 is 2.86 bits per heavy atom. The maximum atomic E-state index is 11.7. The smallest absolute Gasteiger partial charge is 0.319 e. The molecule has 1 atom stereocenters. The van der Waals surface area contributed by atoms with Gasteiger partial charge >= 0.3 is 5.97 Å². The fourth-order valence-corrected chi connectivity index (χ4v) is 4.50. The number of hydrogen-bond donors (Lipinski definition) is 0. The van der Waals surface area contributed by atoms with Gasteiger partial charge in [0, 0.05) is 16.7 Å². The first-order chi connectivity index (χ1) is 10.8. The number of ether oxygens (including phenoxy) is 1. The minimum atomic E-state index is -0.154. The highest BCUT2D eigenvalue weighted by molar-refractivity contribution is 8.00. The number of carbonyl (C=O) groups excluding carboxylic acids is 1. The number of hydrogen-bond acceptors (Lipinski definition) is 6. The van der Waals surface area contributed by atoms with E-state index in [2.05, 4.69) is 28.2 Å². The number of rotatable bonds is 3. The topological polar surface area (TPSA) is 52.1 Å². The van der Waals surface area contributed by atoms with E-state index in [0.717, 1.165) is 26.5 Å². The lowest BCUT2D eigenvalue weighted by Crippen LogP contribution is -2.09. The Kier molecular flexibility index (Phi) is 3.56. The summed E-state index contributed by atoms with van der Waals surface area (Å²) in [6, 6.07) is 12.3. The van der Waals surface area contributed by atoms with Crippen LogP contribution >= 0.6 is 23.1 Å². The van der Waals surface area contributed by atoms with Crippen LogP contribution in [0.5, 0.6) is 0 Å². The molecule has 0 saturated carbocycles. The molecule has 3 heterocycles. The van der Waals surface area contributed by atoms with E-state index in [1.165, 1.54) is 17.3 Å². The van der Waals surface area contributed by atoms with Crippen LogP contribution < -0.4 is 0 Å². The Balaban J connectivity index is 1.73. The first kappa shape index (κ1) is 13.7. The number of carbonyl (C=O) groups is 1. The Labute approximate surface area is 135 Å². The molecule has 110 valence electrons. The summed E-state index contributed by atoms with van der Waals surface area (Å²) in [6.07, 6.45) is 2.31. The highest BCUT2D eigenvalue weighted by Crippen LogP contribution is 2.38. The van der Waals surface area contributed by atoms with Crippen LogP contribution in [0.4, 0.5) is 0 Å². The van der Waals surface area contributed by atoms with E-state index >= 15 is 0 Å². The second-order valence-corrected chi connectivity index (χ2v) is 7.16. The number of esters is 1. The number of benzene rings is 1. The number of thiophene rings is 1. The molecule has 1 aliphatic heterocycles. The average Bonchev–Trinajstić information content (AvgIpc) is 3.16. The van der Waals surface area contributed by atoms with Gasteiger partial charge in [0.05, 0.1) is 6.61 Å². The SMILES string of the molecule is O=C1OCC[C@@H]1Sc1ncnc2sc(-c3ccccc3)cc12. The summed E-state index contributed by atoms with van der Waals surface area (Å²) in [5, 5.41) is 1.71. The Morgan fingerprint density at radius 2 is 2.09 bits per heavy atom. The van der Waals surface area contributed by atoms with Gasteiger partial charge in [-0.05, 0) is 11.6 Å². The molecule has 0 radical (unpaired) electrons. The first-order valence-corrected chi connectivity index (χ1v) is 8.64. The van der Waals surface area contributed by atoms with Crippen molar-refractivity contribution < 1.29 is 9.53 Å². The van der Waals surface area contributed by atoms with Crippen LogP contribution in [0, 0.1) is 0 Å². The summed E-state index contributed by atoms with van der Waals surface area (Å²) in [5.74, 6) is -0.143. The lowest BCUT2D eigenvalue weighted by atomic mass is 10.2. The molecule has 1 aromatic carbocycles. The van der Waals surface area contributed by atoms with Crippen molar-refractivity contribution >= 4 is 39.3 Å². The maximum absolute atomic E-state index is 11.7. The minimum absolute atomic E-state index is 0.143. The molecule has 1 saturated heterocycles. The quantitative estimate of drug-likeness (QED) is 0.541. The van der Waals surface area contributed by atoms with Gasteiger partial charge in [-0.25, -0.2) is 9.97 Å². The molecule has 0 N–H and O–H groups in total. The van der Waals surface area contributed by atoms with E-state index in [9.17, 15) is 4.79 Å². The molecular weight excluding hydrogens is 316 g/mol. The predicted octanol–water partition coefficient (Wildman–Crippen LogP) is 3.77. The highest BCUT2D eigenvalue weighted by atomic mass is 32.2. The summed E-state index contributed by atoms with van der Waals surface area (Å²) in [4.78, 5) is 22.5. The molecule has 3 aromatic rings. The number of fused-ring (bicyclic) bond motifs is 1. The van der Waals surface area contributed by atoms with Crippen LogP contribution in [0.2, 0.25) is 0 Å². The fraction of sp³-hybridized carbons (Fsp3) is 0.188. The van der Waals surface area contributed by atoms with Gasteiger partial charge in [-0.2, -0.15) is 0 Å². The lowest BCUT2D eigenvalue weighted by Gasteiger charge is -2.04. The molecule has 4 nitrogen and oxygen atoms in total. The average molecular weight is 328 g/mol. The van der Waals surface area contributed by atoms with Gasteiger partial charge < -0.3 is 4.74 Å². The van der Waals surface area contributed by atoms with Crippen LogP contribution in [-0.2, 0) is 9.53 Å². The lowest BCUT2D eigenvalue weighted by molar-refractivity contribution is -0.137. The summed E-state index contributed by atoms with van der Waals surface area (Å²) < 4.78 is 5.02. The number of thioether (sulfide) groups is 1. The Hall–Kier alpha value is -1.92. The van der Waals surface area contributed by atoms with Gasteiger partial charge in [-0.3, -0.25) is 4.79 Å².